The number of carbonyl (C=O) groups excluding carboxylic acids is 2. The standard InChI is InChI=1S/C33H38ClN7O4.K/c1-7-8-16-26-35-28(34)27(30(42)44-31(20(2)3)45-32(43)33(4,5)6)41(26)19-21-12-11-15-24-22(21)17-18-40(24)25-14-10-9-13-23(25)29-36-38-39-37-29;/h9-15,17-18,20,31H,7-8,16,19H2,1-6H3,(H,36,37,38,39);/q;+1. The number of H-pyrrole nitrogens is 1. The van der Waals surface area contributed by atoms with Gasteiger partial charge in [0.25, 0.3) is 0 Å². The van der Waals surface area contributed by atoms with Crippen LogP contribution in [0.3, 0.4) is 0 Å². The molecule has 0 amide bonds. The third kappa shape index (κ3) is 7.80. The van der Waals surface area contributed by atoms with Crippen molar-refractivity contribution in [2.75, 3.05) is 0 Å². The summed E-state index contributed by atoms with van der Waals surface area (Å²) in [5.41, 5.74) is 3.02. The first kappa shape index (κ1) is 36.0. The number of para-hydroxylation sites is 1. The predicted octanol–water partition coefficient (Wildman–Crippen LogP) is 3.78. The van der Waals surface area contributed by atoms with E-state index in [-0.39, 0.29) is 68.1 Å². The molecule has 0 aliphatic rings. The number of nitrogens with zero attached hydrogens (tertiary/aromatic N) is 6. The summed E-state index contributed by atoms with van der Waals surface area (Å²) in [5.74, 6) is -0.267. The number of aryl methyl sites for hydroxylation is 1. The molecule has 0 aliphatic carbocycles. The van der Waals surface area contributed by atoms with Gasteiger partial charge in [0, 0.05) is 29.5 Å². The van der Waals surface area contributed by atoms with Crippen molar-refractivity contribution in [1.82, 2.24) is 34.7 Å². The van der Waals surface area contributed by atoms with Crippen LogP contribution in [0.2, 0.25) is 5.15 Å². The zero-order chi connectivity index (χ0) is 32.3. The summed E-state index contributed by atoms with van der Waals surface area (Å²) in [7, 11) is 0. The van der Waals surface area contributed by atoms with Gasteiger partial charge in [0.15, 0.2) is 10.8 Å². The molecule has 2 aromatic carbocycles. The minimum atomic E-state index is -1.08. The zero-order valence-corrected chi connectivity index (χ0v) is 31.3. The van der Waals surface area contributed by atoms with Crippen molar-refractivity contribution in [2.45, 2.75) is 73.6 Å². The molecule has 5 rings (SSSR count). The number of imidazole rings is 1. The summed E-state index contributed by atoms with van der Waals surface area (Å²) in [5, 5.41) is 15.6. The quantitative estimate of drug-likeness (QED) is 0.128. The third-order valence-electron chi connectivity index (χ3n) is 7.46. The average Bonchev–Trinajstić information content (AvgIpc) is 3.75. The number of nitrogens with one attached hydrogen (secondary N) is 1. The number of benzene rings is 2. The summed E-state index contributed by atoms with van der Waals surface area (Å²) < 4.78 is 15.3. The number of fused-ring (bicyclic) bond motifs is 1. The number of carbonyl (C=O) groups is 2. The van der Waals surface area contributed by atoms with Gasteiger partial charge in [-0.3, -0.25) is 4.79 Å². The molecule has 236 valence electrons. The Morgan fingerprint density at radius 3 is 2.48 bits per heavy atom. The Kier molecular flexibility index (Phi) is 12.0. The summed E-state index contributed by atoms with van der Waals surface area (Å²) in [4.78, 5) is 31.0. The van der Waals surface area contributed by atoms with Gasteiger partial charge < -0.3 is 18.6 Å². The zero-order valence-electron chi connectivity index (χ0n) is 27.4. The fraction of sp³-hybridized carbons (Fsp3) is 0.394. The molecule has 1 unspecified atom stereocenters. The van der Waals surface area contributed by atoms with Gasteiger partial charge in [-0.05, 0) is 62.2 Å². The Morgan fingerprint density at radius 1 is 1.04 bits per heavy atom. The number of hydrogen-bond acceptors (Lipinski definition) is 8. The number of tetrazole rings is 1. The van der Waals surface area contributed by atoms with E-state index in [1.54, 1.807) is 20.8 Å². The Morgan fingerprint density at radius 2 is 1.80 bits per heavy atom. The second-order valence-electron chi connectivity index (χ2n) is 12.3. The molecule has 3 aromatic heterocycles. The Labute approximate surface area is 315 Å². The SMILES string of the molecule is CCCCc1nc(Cl)c(C(=O)OC(OC(=O)C(C)(C)C)C(C)C)n1Cc1cccc2c1ccn2-c1ccccc1-c1nn[nH]n1.[K+]. The molecule has 0 fully saturated rings. The Hall–Kier alpha value is -2.87. The van der Waals surface area contributed by atoms with E-state index >= 15 is 0 Å². The molecular weight excluding hydrogens is 633 g/mol. The van der Waals surface area contributed by atoms with Crippen LogP contribution in [0.4, 0.5) is 0 Å². The Bertz CT molecular complexity index is 1810. The van der Waals surface area contributed by atoms with Crippen LogP contribution in [0.25, 0.3) is 28.0 Å². The number of esters is 2. The van der Waals surface area contributed by atoms with Gasteiger partial charge in [-0.1, -0.05) is 63.1 Å². The van der Waals surface area contributed by atoms with Crippen LogP contribution in [0, 0.1) is 11.3 Å². The molecule has 0 bridgehead atoms. The smallest absolute Gasteiger partial charge is 0.424 e. The van der Waals surface area contributed by atoms with Crippen molar-refractivity contribution >= 4 is 34.4 Å². The van der Waals surface area contributed by atoms with E-state index in [1.807, 2.05) is 73.1 Å². The number of rotatable bonds is 11. The summed E-state index contributed by atoms with van der Waals surface area (Å²) in [6.07, 6.45) is 3.36. The first-order valence-corrected chi connectivity index (χ1v) is 15.5. The van der Waals surface area contributed by atoms with Gasteiger partial charge in [0.05, 0.1) is 23.2 Å². The number of hydrogen-bond donors (Lipinski definition) is 1. The normalized spacial score (nSPS) is 12.3. The van der Waals surface area contributed by atoms with E-state index in [4.69, 9.17) is 21.1 Å². The maximum absolute atomic E-state index is 13.7. The predicted molar refractivity (Wildman–Crippen MR) is 171 cm³/mol. The third-order valence-corrected chi connectivity index (χ3v) is 7.72. The minimum absolute atomic E-state index is 0. The van der Waals surface area contributed by atoms with Gasteiger partial charge in [-0.15, -0.1) is 10.2 Å². The molecule has 0 spiro atoms. The first-order chi connectivity index (χ1) is 21.5. The maximum atomic E-state index is 13.7. The van der Waals surface area contributed by atoms with Crippen LogP contribution in [0.15, 0.2) is 54.7 Å². The summed E-state index contributed by atoms with van der Waals surface area (Å²) >= 11 is 6.64. The van der Waals surface area contributed by atoms with Crippen molar-refractivity contribution in [1.29, 1.82) is 0 Å². The van der Waals surface area contributed by atoms with Gasteiger partial charge in [-0.25, -0.2) is 9.78 Å². The van der Waals surface area contributed by atoms with E-state index in [0.717, 1.165) is 40.6 Å². The molecule has 13 heteroatoms. The van der Waals surface area contributed by atoms with Crippen molar-refractivity contribution in [3.63, 3.8) is 0 Å². The topological polar surface area (TPSA) is 130 Å². The van der Waals surface area contributed by atoms with Gasteiger partial charge in [0.1, 0.15) is 5.82 Å². The van der Waals surface area contributed by atoms with E-state index in [9.17, 15) is 9.59 Å². The number of ether oxygens (including phenoxy) is 2. The van der Waals surface area contributed by atoms with Gasteiger partial charge in [0.2, 0.25) is 12.1 Å². The van der Waals surface area contributed by atoms with Gasteiger partial charge >= 0.3 is 63.3 Å². The first-order valence-electron chi connectivity index (χ1n) is 15.1. The molecule has 0 saturated carbocycles. The Balaban J connectivity index is 0.00000480. The monoisotopic (exact) mass is 670 g/mol. The second-order valence-corrected chi connectivity index (χ2v) is 12.7. The number of aromatic amines is 1. The summed E-state index contributed by atoms with van der Waals surface area (Å²) in [6.45, 7) is 11.3. The van der Waals surface area contributed by atoms with Gasteiger partial charge in [-0.2, -0.15) is 5.21 Å². The van der Waals surface area contributed by atoms with Crippen LogP contribution in [0.1, 0.15) is 76.3 Å². The van der Waals surface area contributed by atoms with Crippen molar-refractivity contribution < 1.29 is 70.4 Å². The molecule has 5 aromatic rings. The van der Waals surface area contributed by atoms with Crippen LogP contribution in [0.5, 0.6) is 0 Å². The molecule has 0 radical (unpaired) electrons. The van der Waals surface area contributed by atoms with Crippen molar-refractivity contribution in [3.8, 4) is 17.1 Å². The number of aromatic nitrogens is 7. The van der Waals surface area contributed by atoms with E-state index in [2.05, 4.69) is 37.1 Å². The van der Waals surface area contributed by atoms with Crippen LogP contribution < -0.4 is 51.4 Å². The maximum Gasteiger partial charge on any atom is 1.00 e. The summed E-state index contributed by atoms with van der Waals surface area (Å²) in [6, 6.07) is 15.9. The molecule has 11 nitrogen and oxygen atoms in total. The van der Waals surface area contributed by atoms with Crippen molar-refractivity contribution in [2.24, 2.45) is 11.3 Å². The molecular formula is C33H38ClKN7O4+. The molecule has 0 aliphatic heterocycles. The van der Waals surface area contributed by atoms with E-state index in [1.165, 1.54) is 0 Å². The minimum Gasteiger partial charge on any atom is -0.424 e. The van der Waals surface area contributed by atoms with E-state index < -0.39 is 23.6 Å². The molecule has 0 saturated heterocycles. The molecule has 46 heavy (non-hydrogen) atoms. The number of halogens is 1. The van der Waals surface area contributed by atoms with Crippen molar-refractivity contribution in [3.05, 3.63) is 77.0 Å². The molecule has 1 atom stereocenters. The molecule has 1 N–H and O–H groups in total. The fourth-order valence-corrected chi connectivity index (χ4v) is 5.27. The largest absolute Gasteiger partial charge is 1.00 e. The average molecular weight is 671 g/mol. The van der Waals surface area contributed by atoms with E-state index in [0.29, 0.717) is 24.6 Å². The van der Waals surface area contributed by atoms with Crippen LogP contribution in [-0.4, -0.2) is 53.0 Å². The fourth-order valence-electron chi connectivity index (χ4n) is 5.00. The second kappa shape index (κ2) is 15.4. The van der Waals surface area contributed by atoms with Crippen LogP contribution in [-0.2, 0) is 27.2 Å². The van der Waals surface area contributed by atoms with Crippen LogP contribution >= 0.6 is 11.6 Å². The molecule has 3 heterocycles. The number of unbranched alkanes of at least 4 members (excludes halogenated alkanes) is 1.